The van der Waals surface area contributed by atoms with Crippen LogP contribution >= 0.6 is 12.2 Å². The minimum atomic E-state index is -0.168. The number of benzene rings is 2. The van der Waals surface area contributed by atoms with Crippen LogP contribution in [0.4, 0.5) is 0 Å². The summed E-state index contributed by atoms with van der Waals surface area (Å²) in [7, 11) is 0. The Hall–Kier alpha value is -3.59. The zero-order valence-electron chi connectivity index (χ0n) is 16.7. The Labute approximate surface area is 177 Å². The molecule has 154 valence electrons. The zero-order valence-corrected chi connectivity index (χ0v) is 17.5. The monoisotopic (exact) mass is 423 g/mol. The molecule has 0 aliphatic carbocycles. The molecular weight excluding hydrogens is 402 g/mol. The molecule has 2 aromatic carbocycles. The maximum Gasteiger partial charge on any atom is 0.271 e. The number of hydrogen-bond donors (Lipinski definition) is 4. The molecule has 30 heavy (non-hydrogen) atoms. The highest BCUT2D eigenvalue weighted by Gasteiger charge is 2.19. The van der Waals surface area contributed by atoms with Gasteiger partial charge in [0.2, 0.25) is 0 Å². The molecule has 8 nitrogen and oxygen atoms in total. The van der Waals surface area contributed by atoms with E-state index in [1.54, 1.807) is 22.8 Å². The molecule has 0 aliphatic heterocycles. The molecule has 0 saturated heterocycles. The van der Waals surface area contributed by atoms with Gasteiger partial charge in [-0.25, -0.2) is 4.68 Å². The van der Waals surface area contributed by atoms with Crippen molar-refractivity contribution in [2.75, 3.05) is 0 Å². The van der Waals surface area contributed by atoms with Crippen LogP contribution < -0.4 is 5.56 Å². The Balaban J connectivity index is 1.91. The van der Waals surface area contributed by atoms with Crippen LogP contribution in [0.15, 0.2) is 47.3 Å². The first-order chi connectivity index (χ1) is 14.3. The lowest BCUT2D eigenvalue weighted by atomic mass is 9.98. The quantitative estimate of drug-likeness (QED) is 0.372. The van der Waals surface area contributed by atoms with Gasteiger partial charge in [0.1, 0.15) is 11.5 Å². The largest absolute Gasteiger partial charge is 0.508 e. The van der Waals surface area contributed by atoms with Gasteiger partial charge in [0.25, 0.3) is 5.56 Å². The SMILES string of the molecule is Cc1cc(=O)n(-c2cccc(-n3c(-c4cc(C(C)C)c(O)cc4O)n[nH]c3=S)c2)[nH]1. The molecule has 0 bridgehead atoms. The highest BCUT2D eigenvalue weighted by Crippen LogP contribution is 2.37. The Morgan fingerprint density at radius 2 is 1.80 bits per heavy atom. The van der Waals surface area contributed by atoms with Crippen molar-refractivity contribution in [2.24, 2.45) is 0 Å². The van der Waals surface area contributed by atoms with Gasteiger partial charge in [-0.05, 0) is 54.9 Å². The molecule has 9 heteroatoms. The first kappa shape index (κ1) is 19.7. The van der Waals surface area contributed by atoms with Gasteiger partial charge >= 0.3 is 0 Å². The van der Waals surface area contributed by atoms with Gasteiger partial charge in [-0.15, -0.1) is 0 Å². The van der Waals surface area contributed by atoms with E-state index in [0.29, 0.717) is 33.1 Å². The summed E-state index contributed by atoms with van der Waals surface area (Å²) in [5, 5.41) is 30.7. The number of rotatable bonds is 4. The van der Waals surface area contributed by atoms with E-state index in [1.165, 1.54) is 16.8 Å². The third-order valence-corrected chi connectivity index (χ3v) is 5.15. The van der Waals surface area contributed by atoms with Gasteiger partial charge in [0.05, 0.1) is 16.9 Å². The van der Waals surface area contributed by atoms with Crippen molar-refractivity contribution in [3.05, 3.63) is 68.8 Å². The van der Waals surface area contributed by atoms with Crippen LogP contribution in [0.2, 0.25) is 0 Å². The van der Waals surface area contributed by atoms with Gasteiger partial charge in [-0.3, -0.25) is 19.6 Å². The number of aromatic hydroxyl groups is 2. The summed E-state index contributed by atoms with van der Waals surface area (Å²) < 4.78 is 3.45. The van der Waals surface area contributed by atoms with Crippen LogP contribution in [0.3, 0.4) is 0 Å². The fraction of sp³-hybridized carbons (Fsp3) is 0.190. The third-order valence-electron chi connectivity index (χ3n) is 4.87. The van der Waals surface area contributed by atoms with Crippen LogP contribution in [-0.4, -0.2) is 34.8 Å². The topological polar surface area (TPSA) is 112 Å². The van der Waals surface area contributed by atoms with E-state index >= 15 is 0 Å². The molecule has 0 unspecified atom stereocenters. The number of nitrogens with zero attached hydrogens (tertiary/aromatic N) is 3. The van der Waals surface area contributed by atoms with Crippen molar-refractivity contribution in [1.29, 1.82) is 0 Å². The summed E-state index contributed by atoms with van der Waals surface area (Å²) in [6.07, 6.45) is 0. The summed E-state index contributed by atoms with van der Waals surface area (Å²) in [5.74, 6) is 0.354. The van der Waals surface area contributed by atoms with Crippen molar-refractivity contribution >= 4 is 12.2 Å². The Bertz CT molecular complexity index is 1360. The lowest BCUT2D eigenvalue weighted by molar-refractivity contribution is 0.444. The number of phenols is 2. The molecule has 0 spiro atoms. The molecule has 4 rings (SSSR count). The molecule has 4 aromatic rings. The van der Waals surface area contributed by atoms with E-state index in [1.807, 2.05) is 32.9 Å². The van der Waals surface area contributed by atoms with Gasteiger partial charge in [-0.1, -0.05) is 19.9 Å². The van der Waals surface area contributed by atoms with Crippen LogP contribution in [0, 0.1) is 11.7 Å². The second-order valence-corrected chi connectivity index (χ2v) is 7.79. The Morgan fingerprint density at radius 3 is 2.47 bits per heavy atom. The third kappa shape index (κ3) is 3.33. The average molecular weight is 423 g/mol. The number of nitrogens with one attached hydrogen (secondary N) is 2. The molecular formula is C21H21N5O3S. The van der Waals surface area contributed by atoms with Crippen molar-refractivity contribution in [2.45, 2.75) is 26.7 Å². The number of phenolic OH excluding ortho intramolecular Hbond substituents is 2. The minimum absolute atomic E-state index is 0.0235. The van der Waals surface area contributed by atoms with Gasteiger partial charge < -0.3 is 10.2 Å². The predicted molar refractivity (Wildman–Crippen MR) is 116 cm³/mol. The molecule has 0 radical (unpaired) electrons. The molecule has 0 fully saturated rings. The smallest absolute Gasteiger partial charge is 0.271 e. The van der Waals surface area contributed by atoms with E-state index in [0.717, 1.165) is 5.69 Å². The molecule has 2 heterocycles. The number of H-pyrrole nitrogens is 2. The van der Waals surface area contributed by atoms with E-state index in [4.69, 9.17) is 12.2 Å². The van der Waals surface area contributed by atoms with Crippen molar-refractivity contribution in [1.82, 2.24) is 24.5 Å². The molecule has 0 amide bonds. The summed E-state index contributed by atoms with van der Waals surface area (Å²) in [4.78, 5) is 12.2. The molecule has 0 aliphatic rings. The second-order valence-electron chi connectivity index (χ2n) is 7.40. The standard InChI is InChI=1S/C21H21N5O3S/c1-11(2)15-9-16(18(28)10-17(15)27)20-22-23-21(30)25(20)13-5-4-6-14(8-13)26-19(29)7-12(3)24-26/h4-11,24,27-28H,1-3H3,(H,23,30). The zero-order chi connectivity index (χ0) is 21.6. The lowest BCUT2D eigenvalue weighted by Gasteiger charge is -2.14. The summed E-state index contributed by atoms with van der Waals surface area (Å²) >= 11 is 5.44. The maximum atomic E-state index is 12.2. The summed E-state index contributed by atoms with van der Waals surface area (Å²) in [6, 6.07) is 11.8. The molecule has 4 N–H and O–H groups in total. The van der Waals surface area contributed by atoms with Gasteiger partial charge in [0, 0.05) is 17.8 Å². The number of aromatic nitrogens is 5. The number of aromatic amines is 2. The van der Waals surface area contributed by atoms with Crippen LogP contribution in [0.1, 0.15) is 31.0 Å². The van der Waals surface area contributed by atoms with Crippen molar-refractivity contribution in [3.63, 3.8) is 0 Å². The van der Waals surface area contributed by atoms with E-state index in [-0.39, 0.29) is 23.0 Å². The first-order valence-electron chi connectivity index (χ1n) is 9.39. The highest BCUT2D eigenvalue weighted by molar-refractivity contribution is 7.71. The van der Waals surface area contributed by atoms with E-state index in [9.17, 15) is 15.0 Å². The highest BCUT2D eigenvalue weighted by atomic mass is 32.1. The van der Waals surface area contributed by atoms with E-state index in [2.05, 4.69) is 15.3 Å². The van der Waals surface area contributed by atoms with Gasteiger partial charge in [-0.2, -0.15) is 5.10 Å². The molecule has 0 saturated carbocycles. The second kappa shape index (κ2) is 7.34. The maximum absolute atomic E-state index is 12.2. The predicted octanol–water partition coefficient (Wildman–Crippen LogP) is 3.92. The first-order valence-corrected chi connectivity index (χ1v) is 9.80. The number of aryl methyl sites for hydroxylation is 1. The molecule has 2 aromatic heterocycles. The van der Waals surface area contributed by atoms with Crippen molar-refractivity contribution in [3.8, 4) is 34.3 Å². The fourth-order valence-corrected chi connectivity index (χ4v) is 3.67. The summed E-state index contributed by atoms with van der Waals surface area (Å²) in [6.45, 7) is 5.71. The van der Waals surface area contributed by atoms with E-state index < -0.39 is 0 Å². The Morgan fingerprint density at radius 1 is 1.07 bits per heavy atom. The van der Waals surface area contributed by atoms with Crippen LogP contribution in [0.5, 0.6) is 11.5 Å². The average Bonchev–Trinajstić information content (AvgIpc) is 3.23. The number of hydrogen-bond acceptors (Lipinski definition) is 5. The van der Waals surface area contributed by atoms with Gasteiger partial charge in [0.15, 0.2) is 10.6 Å². The Kier molecular flexibility index (Phi) is 4.83. The molecule has 0 atom stereocenters. The van der Waals surface area contributed by atoms with Crippen LogP contribution in [-0.2, 0) is 0 Å². The summed E-state index contributed by atoms with van der Waals surface area (Å²) in [5.41, 5.74) is 3.00. The van der Waals surface area contributed by atoms with Crippen LogP contribution in [0.25, 0.3) is 22.8 Å². The normalized spacial score (nSPS) is 11.3. The van der Waals surface area contributed by atoms with Crippen molar-refractivity contribution < 1.29 is 10.2 Å². The minimum Gasteiger partial charge on any atom is -0.508 e. The fourth-order valence-electron chi connectivity index (χ4n) is 3.43. The lowest BCUT2D eigenvalue weighted by Crippen LogP contribution is -2.13.